The lowest BCUT2D eigenvalue weighted by atomic mass is 10.2. The first-order chi connectivity index (χ1) is 7.24. The topological polar surface area (TPSA) is 52.1 Å². The minimum absolute atomic E-state index is 0.296. The second kappa shape index (κ2) is 4.12. The van der Waals surface area contributed by atoms with Gasteiger partial charge in [-0.1, -0.05) is 16.1 Å². The molecule has 0 atom stereocenters. The van der Waals surface area contributed by atoms with Crippen molar-refractivity contribution in [1.82, 2.24) is 9.59 Å². The fraction of sp³-hybridized carbons (Fsp3) is 0.222. The first kappa shape index (κ1) is 10.3. The molecule has 1 heterocycles. The van der Waals surface area contributed by atoms with Crippen molar-refractivity contribution >= 4 is 39.3 Å². The molecule has 15 heavy (non-hydrogen) atoms. The molecule has 0 aliphatic heterocycles. The third kappa shape index (κ3) is 1.80. The molecule has 0 bridgehead atoms. The van der Waals surface area contributed by atoms with E-state index in [-0.39, 0.29) is 0 Å². The molecule has 0 unspecified atom stereocenters. The van der Waals surface area contributed by atoms with Crippen molar-refractivity contribution in [1.29, 1.82) is 0 Å². The van der Waals surface area contributed by atoms with E-state index in [1.165, 1.54) is 11.5 Å². The molecule has 0 fully saturated rings. The Kier molecular flexibility index (Phi) is 2.83. The molecule has 4 nitrogen and oxygen atoms in total. The van der Waals surface area contributed by atoms with Gasteiger partial charge in [0.15, 0.2) is 0 Å². The maximum absolute atomic E-state index is 11.6. The van der Waals surface area contributed by atoms with Crippen molar-refractivity contribution < 1.29 is 9.53 Å². The smallest absolute Gasteiger partial charge is 0.341 e. The summed E-state index contributed by atoms with van der Waals surface area (Å²) in [6.07, 6.45) is 0. The van der Waals surface area contributed by atoms with Crippen LogP contribution in [0.3, 0.4) is 0 Å². The highest BCUT2D eigenvalue weighted by molar-refractivity contribution is 7.13. The highest BCUT2D eigenvalue weighted by atomic mass is 35.5. The minimum atomic E-state index is -0.458. The highest BCUT2D eigenvalue weighted by Crippen LogP contribution is 2.27. The van der Waals surface area contributed by atoms with Gasteiger partial charge in [0.25, 0.3) is 0 Å². The maximum Gasteiger partial charge on any atom is 0.341 e. The summed E-state index contributed by atoms with van der Waals surface area (Å²) in [5.41, 5.74) is 0.802. The number of rotatable bonds is 2. The molecule has 0 spiro atoms. The number of hydrogen-bond acceptors (Lipinski definition) is 5. The molecule has 1 aromatic carbocycles. The Morgan fingerprint density at radius 3 is 3.13 bits per heavy atom. The Bertz CT molecular complexity index is 512. The Morgan fingerprint density at radius 1 is 1.60 bits per heavy atom. The molecule has 0 radical (unpaired) electrons. The van der Waals surface area contributed by atoms with Gasteiger partial charge < -0.3 is 4.74 Å². The molecule has 2 aromatic rings. The summed E-state index contributed by atoms with van der Waals surface area (Å²) in [6.45, 7) is 2.05. The van der Waals surface area contributed by atoms with Gasteiger partial charge in [-0.05, 0) is 30.6 Å². The van der Waals surface area contributed by atoms with Gasteiger partial charge in [-0.25, -0.2) is 4.79 Å². The third-order valence-electron chi connectivity index (χ3n) is 1.85. The van der Waals surface area contributed by atoms with Crippen LogP contribution in [0.15, 0.2) is 12.1 Å². The quantitative estimate of drug-likeness (QED) is 0.760. The van der Waals surface area contributed by atoms with E-state index in [4.69, 9.17) is 16.3 Å². The van der Waals surface area contributed by atoms with Crippen molar-refractivity contribution in [2.24, 2.45) is 0 Å². The summed E-state index contributed by atoms with van der Waals surface area (Å²) in [4.78, 5) is 11.6. The number of hydrogen-bond donors (Lipinski definition) is 0. The number of halogens is 1. The number of carbonyl (C=O) groups excluding carboxylic acids is 1. The number of esters is 1. The summed E-state index contributed by atoms with van der Waals surface area (Å²) in [5.74, 6) is -0.458. The largest absolute Gasteiger partial charge is 0.462 e. The molecule has 0 aliphatic rings. The number of fused-ring (bicyclic) bond motifs is 1. The predicted molar refractivity (Wildman–Crippen MR) is 58.4 cm³/mol. The average Bonchev–Trinajstić information content (AvgIpc) is 2.65. The summed E-state index contributed by atoms with van der Waals surface area (Å²) in [5, 5.41) is 4.21. The Balaban J connectivity index is 2.61. The molecular formula is C9H7ClN2O2S. The molecular weight excluding hydrogens is 236 g/mol. The first-order valence-electron chi connectivity index (χ1n) is 4.31. The lowest BCUT2D eigenvalue weighted by Gasteiger charge is -2.03. The molecule has 1 aromatic heterocycles. The zero-order valence-corrected chi connectivity index (χ0v) is 9.43. The van der Waals surface area contributed by atoms with Crippen LogP contribution in [0.25, 0.3) is 10.2 Å². The summed E-state index contributed by atoms with van der Waals surface area (Å²) < 4.78 is 9.49. The molecule has 0 saturated heterocycles. The van der Waals surface area contributed by atoms with E-state index in [2.05, 4.69) is 9.59 Å². The molecule has 6 heteroatoms. The van der Waals surface area contributed by atoms with Crippen molar-refractivity contribution in [2.75, 3.05) is 6.61 Å². The average molecular weight is 243 g/mol. The summed E-state index contributed by atoms with van der Waals surface area (Å²) in [6, 6.07) is 3.43. The van der Waals surface area contributed by atoms with Crippen LogP contribution in [0.1, 0.15) is 17.3 Å². The van der Waals surface area contributed by atoms with Crippen LogP contribution in [0, 0.1) is 0 Å². The Morgan fingerprint density at radius 2 is 2.40 bits per heavy atom. The van der Waals surface area contributed by atoms with Gasteiger partial charge in [0.1, 0.15) is 11.1 Å². The van der Waals surface area contributed by atoms with E-state index in [0.717, 1.165) is 4.70 Å². The lowest BCUT2D eigenvalue weighted by Crippen LogP contribution is -2.06. The van der Waals surface area contributed by atoms with Crippen molar-refractivity contribution in [3.05, 3.63) is 22.7 Å². The molecule has 0 N–H and O–H groups in total. The second-order valence-corrected chi connectivity index (χ2v) is 3.96. The predicted octanol–water partition coefficient (Wildman–Crippen LogP) is 2.52. The van der Waals surface area contributed by atoms with Gasteiger partial charge in [-0.3, -0.25) is 0 Å². The number of nitrogens with zero attached hydrogens (tertiary/aromatic N) is 2. The normalized spacial score (nSPS) is 10.5. The van der Waals surface area contributed by atoms with E-state index >= 15 is 0 Å². The monoisotopic (exact) mass is 242 g/mol. The number of carbonyl (C=O) groups is 1. The number of aromatic nitrogens is 2. The molecule has 2 rings (SSSR count). The van der Waals surface area contributed by atoms with Crippen LogP contribution in [0.4, 0.5) is 0 Å². The van der Waals surface area contributed by atoms with E-state index in [1.54, 1.807) is 19.1 Å². The van der Waals surface area contributed by atoms with Crippen LogP contribution >= 0.6 is 23.1 Å². The van der Waals surface area contributed by atoms with Crippen LogP contribution in [-0.2, 0) is 4.74 Å². The fourth-order valence-electron chi connectivity index (χ4n) is 1.22. The highest BCUT2D eigenvalue weighted by Gasteiger charge is 2.17. The summed E-state index contributed by atoms with van der Waals surface area (Å²) in [7, 11) is 0. The lowest BCUT2D eigenvalue weighted by molar-refractivity contribution is 0.0528. The number of benzene rings is 1. The molecule has 0 saturated carbocycles. The van der Waals surface area contributed by atoms with Gasteiger partial charge >= 0.3 is 5.97 Å². The Hall–Kier alpha value is -1.20. The molecule has 0 aliphatic carbocycles. The zero-order chi connectivity index (χ0) is 10.8. The first-order valence-corrected chi connectivity index (χ1v) is 5.47. The second-order valence-electron chi connectivity index (χ2n) is 2.76. The van der Waals surface area contributed by atoms with E-state index in [1.807, 2.05) is 0 Å². The molecule has 0 amide bonds. The van der Waals surface area contributed by atoms with Crippen molar-refractivity contribution in [3.63, 3.8) is 0 Å². The van der Waals surface area contributed by atoms with Gasteiger partial charge in [0.05, 0.1) is 16.3 Å². The van der Waals surface area contributed by atoms with Gasteiger partial charge in [-0.15, -0.1) is 5.10 Å². The van der Waals surface area contributed by atoms with Crippen LogP contribution in [-0.4, -0.2) is 22.2 Å². The third-order valence-corrected chi connectivity index (χ3v) is 2.85. The Labute approximate surface area is 95.0 Å². The van der Waals surface area contributed by atoms with Crippen LogP contribution in [0.2, 0.25) is 5.02 Å². The van der Waals surface area contributed by atoms with Gasteiger partial charge in [0.2, 0.25) is 0 Å². The van der Waals surface area contributed by atoms with Gasteiger partial charge in [-0.2, -0.15) is 0 Å². The van der Waals surface area contributed by atoms with E-state index < -0.39 is 5.97 Å². The standard InChI is InChI=1S/C9H7ClN2O2S/c1-2-14-9(13)7-5(10)3-4-6-8(7)11-12-15-6/h3-4H,2H2,1H3. The van der Waals surface area contributed by atoms with E-state index in [0.29, 0.717) is 22.7 Å². The van der Waals surface area contributed by atoms with Gasteiger partial charge in [0, 0.05) is 0 Å². The SMILES string of the molecule is CCOC(=O)c1c(Cl)ccc2snnc12. The minimum Gasteiger partial charge on any atom is -0.462 e. The summed E-state index contributed by atoms with van der Waals surface area (Å²) >= 11 is 7.14. The van der Waals surface area contributed by atoms with Crippen molar-refractivity contribution in [3.8, 4) is 0 Å². The number of ether oxygens (including phenoxy) is 1. The fourth-order valence-corrected chi connectivity index (χ4v) is 2.02. The van der Waals surface area contributed by atoms with Crippen molar-refractivity contribution in [2.45, 2.75) is 6.92 Å². The molecule has 78 valence electrons. The zero-order valence-electron chi connectivity index (χ0n) is 7.86. The van der Waals surface area contributed by atoms with Crippen LogP contribution in [0.5, 0.6) is 0 Å². The van der Waals surface area contributed by atoms with E-state index in [9.17, 15) is 4.79 Å². The van der Waals surface area contributed by atoms with Crippen LogP contribution < -0.4 is 0 Å². The maximum atomic E-state index is 11.6.